The Morgan fingerprint density at radius 2 is 2.07 bits per heavy atom. The third-order valence-electron chi connectivity index (χ3n) is 5.83. The van der Waals surface area contributed by atoms with Gasteiger partial charge in [-0.15, -0.1) is 10.2 Å². The normalized spacial score (nSPS) is 19.1. The molecular weight excluding hydrogens is 386 g/mol. The molecule has 0 bridgehead atoms. The van der Waals surface area contributed by atoms with E-state index in [0.717, 1.165) is 50.0 Å². The fraction of sp³-hybridized carbons (Fsp3) is 0.571. The van der Waals surface area contributed by atoms with Crippen molar-refractivity contribution in [1.29, 1.82) is 0 Å². The van der Waals surface area contributed by atoms with Crippen molar-refractivity contribution in [2.45, 2.75) is 43.9 Å². The summed E-state index contributed by atoms with van der Waals surface area (Å²) in [4.78, 5) is 17.1. The number of benzene rings is 1. The van der Waals surface area contributed by atoms with Gasteiger partial charge in [0, 0.05) is 26.7 Å². The second kappa shape index (κ2) is 9.17. The van der Waals surface area contributed by atoms with Gasteiger partial charge in [-0.05, 0) is 37.3 Å². The number of morpholine rings is 1. The topological polar surface area (TPSA) is 63.5 Å². The minimum absolute atomic E-state index is 0.135. The first-order chi connectivity index (χ1) is 14.2. The fourth-order valence-corrected chi connectivity index (χ4v) is 5.12. The number of aryl methyl sites for hydroxylation is 1. The fourth-order valence-electron chi connectivity index (χ4n) is 4.19. The highest BCUT2D eigenvalue weighted by atomic mass is 32.2. The van der Waals surface area contributed by atoms with Crippen LogP contribution in [0, 0.1) is 0 Å². The van der Waals surface area contributed by atoms with Crippen LogP contribution in [0.15, 0.2) is 29.4 Å². The van der Waals surface area contributed by atoms with Crippen molar-refractivity contribution in [1.82, 2.24) is 19.7 Å². The molecule has 1 aliphatic carbocycles. The molecule has 29 heavy (non-hydrogen) atoms. The Balaban J connectivity index is 1.42. The van der Waals surface area contributed by atoms with Crippen LogP contribution in [-0.2, 0) is 22.5 Å². The number of thioether (sulfide) groups is 1. The van der Waals surface area contributed by atoms with Crippen molar-refractivity contribution >= 4 is 23.6 Å². The molecule has 2 heterocycles. The zero-order valence-electron chi connectivity index (χ0n) is 17.2. The summed E-state index contributed by atoms with van der Waals surface area (Å²) in [5.74, 6) is 1.38. The molecule has 1 aromatic carbocycles. The minimum atomic E-state index is 0.135. The summed E-state index contributed by atoms with van der Waals surface area (Å²) in [5, 5.41) is 9.56. The Morgan fingerprint density at radius 1 is 1.28 bits per heavy atom. The largest absolute Gasteiger partial charge is 0.378 e. The molecule has 8 heteroatoms. The summed E-state index contributed by atoms with van der Waals surface area (Å²) in [6.07, 6.45) is 3.25. The smallest absolute Gasteiger partial charge is 0.233 e. The maximum atomic E-state index is 13.0. The third-order valence-corrected chi connectivity index (χ3v) is 6.78. The van der Waals surface area contributed by atoms with E-state index in [4.69, 9.17) is 4.74 Å². The summed E-state index contributed by atoms with van der Waals surface area (Å²) in [6.45, 7) is 5.94. The summed E-state index contributed by atoms with van der Waals surface area (Å²) < 4.78 is 7.53. The van der Waals surface area contributed by atoms with E-state index < -0.39 is 0 Å². The molecule has 2 aliphatic rings. The standard InChI is InChI=1S/C21H29N5O2S/c1-3-26-20(25-11-13-28-14-12-25)22-23-21(26)29-15-19(27)24(2)18-10-6-8-16-7-4-5-9-17(16)18/h4-5,7,9,18H,3,6,8,10-15H2,1-2H3/t18-/m0/s1. The Bertz CT molecular complexity index is 849. The first-order valence-electron chi connectivity index (χ1n) is 10.4. The summed E-state index contributed by atoms with van der Waals surface area (Å²) in [7, 11) is 1.93. The SMILES string of the molecule is CCn1c(SCC(=O)N(C)[C@H]2CCCc3ccccc32)nnc1N1CCOCC1. The van der Waals surface area contributed by atoms with E-state index in [-0.39, 0.29) is 11.9 Å². The molecule has 1 amide bonds. The first-order valence-corrected chi connectivity index (χ1v) is 11.4. The van der Waals surface area contributed by atoms with Crippen LogP contribution in [-0.4, -0.2) is 64.7 Å². The summed E-state index contributed by atoms with van der Waals surface area (Å²) in [6, 6.07) is 8.68. The molecule has 1 aromatic heterocycles. The Hall–Kier alpha value is -2.06. The number of fused-ring (bicyclic) bond motifs is 1. The van der Waals surface area contributed by atoms with Crippen LogP contribution in [0.1, 0.15) is 36.9 Å². The van der Waals surface area contributed by atoms with E-state index in [0.29, 0.717) is 19.0 Å². The van der Waals surface area contributed by atoms with Gasteiger partial charge in [0.25, 0.3) is 0 Å². The number of anilines is 1. The monoisotopic (exact) mass is 415 g/mol. The molecule has 1 saturated heterocycles. The Labute approximate surface area is 176 Å². The van der Waals surface area contributed by atoms with Crippen LogP contribution in [0.5, 0.6) is 0 Å². The van der Waals surface area contributed by atoms with Gasteiger partial charge in [0.15, 0.2) is 5.16 Å². The summed E-state index contributed by atoms with van der Waals surface area (Å²) in [5.41, 5.74) is 2.67. The second-order valence-corrected chi connectivity index (χ2v) is 8.47. The first kappa shape index (κ1) is 20.2. The maximum Gasteiger partial charge on any atom is 0.233 e. The number of carbonyl (C=O) groups excluding carboxylic acids is 1. The average molecular weight is 416 g/mol. The molecule has 0 radical (unpaired) electrons. The van der Waals surface area contributed by atoms with Crippen molar-refractivity contribution in [3.8, 4) is 0 Å². The van der Waals surface area contributed by atoms with Gasteiger partial charge in [-0.25, -0.2) is 0 Å². The highest BCUT2D eigenvalue weighted by Gasteiger charge is 2.27. The zero-order valence-corrected chi connectivity index (χ0v) is 18.0. The van der Waals surface area contributed by atoms with E-state index in [1.807, 2.05) is 11.9 Å². The highest BCUT2D eigenvalue weighted by Crippen LogP contribution is 2.34. The number of aromatic nitrogens is 3. The third kappa shape index (κ3) is 4.28. The van der Waals surface area contributed by atoms with Gasteiger partial charge in [-0.2, -0.15) is 0 Å². The van der Waals surface area contributed by atoms with E-state index in [1.165, 1.54) is 22.9 Å². The van der Waals surface area contributed by atoms with Crippen LogP contribution in [0.4, 0.5) is 5.95 Å². The lowest BCUT2D eigenvalue weighted by molar-refractivity contribution is -0.129. The van der Waals surface area contributed by atoms with Gasteiger partial charge in [-0.3, -0.25) is 9.36 Å². The number of amides is 1. The van der Waals surface area contributed by atoms with Gasteiger partial charge < -0.3 is 14.5 Å². The van der Waals surface area contributed by atoms with Crippen LogP contribution < -0.4 is 4.90 Å². The van der Waals surface area contributed by atoms with Gasteiger partial charge in [0.05, 0.1) is 25.0 Å². The van der Waals surface area contributed by atoms with Gasteiger partial charge >= 0.3 is 0 Å². The van der Waals surface area contributed by atoms with Crippen LogP contribution >= 0.6 is 11.8 Å². The Kier molecular flexibility index (Phi) is 6.40. The molecule has 156 valence electrons. The quantitative estimate of drug-likeness (QED) is 0.676. The van der Waals surface area contributed by atoms with E-state index in [9.17, 15) is 4.79 Å². The van der Waals surface area contributed by atoms with Crippen LogP contribution in [0.25, 0.3) is 0 Å². The average Bonchev–Trinajstić information content (AvgIpc) is 3.20. The van der Waals surface area contributed by atoms with E-state index in [1.54, 1.807) is 0 Å². The van der Waals surface area contributed by atoms with Crippen molar-refractivity contribution < 1.29 is 9.53 Å². The molecule has 0 saturated carbocycles. The lowest BCUT2D eigenvalue weighted by atomic mass is 9.87. The second-order valence-electron chi connectivity index (χ2n) is 7.53. The van der Waals surface area contributed by atoms with Crippen molar-refractivity contribution in [2.75, 3.05) is 44.0 Å². The molecule has 1 atom stereocenters. The van der Waals surface area contributed by atoms with Crippen LogP contribution in [0.2, 0.25) is 0 Å². The van der Waals surface area contributed by atoms with Gasteiger partial charge in [-0.1, -0.05) is 36.0 Å². The molecule has 1 aliphatic heterocycles. The van der Waals surface area contributed by atoms with Crippen LogP contribution in [0.3, 0.4) is 0 Å². The zero-order chi connectivity index (χ0) is 20.2. The van der Waals surface area contributed by atoms with Crippen molar-refractivity contribution in [3.63, 3.8) is 0 Å². The van der Waals surface area contributed by atoms with Gasteiger partial charge in [0.2, 0.25) is 11.9 Å². The molecule has 0 N–H and O–H groups in total. The summed E-state index contributed by atoms with van der Waals surface area (Å²) >= 11 is 1.48. The molecular formula is C21H29N5O2S. The number of rotatable bonds is 6. The maximum absolute atomic E-state index is 13.0. The molecule has 1 fully saturated rings. The molecule has 7 nitrogen and oxygen atoms in total. The van der Waals surface area contributed by atoms with Crippen molar-refractivity contribution in [3.05, 3.63) is 35.4 Å². The Morgan fingerprint density at radius 3 is 2.86 bits per heavy atom. The molecule has 4 rings (SSSR count). The van der Waals surface area contributed by atoms with E-state index >= 15 is 0 Å². The molecule has 0 unspecified atom stereocenters. The molecule has 2 aromatic rings. The number of carbonyl (C=O) groups is 1. The van der Waals surface area contributed by atoms with Crippen molar-refractivity contribution in [2.24, 2.45) is 0 Å². The minimum Gasteiger partial charge on any atom is -0.378 e. The number of hydrogen-bond donors (Lipinski definition) is 0. The van der Waals surface area contributed by atoms with E-state index in [2.05, 4.69) is 50.9 Å². The van der Waals surface area contributed by atoms with Gasteiger partial charge in [0.1, 0.15) is 0 Å². The number of ether oxygens (including phenoxy) is 1. The lowest BCUT2D eigenvalue weighted by Crippen LogP contribution is -2.38. The number of hydrogen-bond acceptors (Lipinski definition) is 6. The number of nitrogens with zero attached hydrogens (tertiary/aromatic N) is 5. The predicted octanol–water partition coefficient (Wildman–Crippen LogP) is 2.76. The highest BCUT2D eigenvalue weighted by molar-refractivity contribution is 7.99. The lowest BCUT2D eigenvalue weighted by Gasteiger charge is -2.33. The molecule has 0 spiro atoms. The predicted molar refractivity (Wildman–Crippen MR) is 114 cm³/mol.